The summed E-state index contributed by atoms with van der Waals surface area (Å²) >= 11 is 1.68. The van der Waals surface area contributed by atoms with Gasteiger partial charge >= 0.3 is 0 Å². The maximum atomic E-state index is 5.45. The van der Waals surface area contributed by atoms with E-state index in [1.807, 2.05) is 0 Å². The smallest absolute Gasteiger partial charge is 0.0951 e. The van der Waals surface area contributed by atoms with E-state index < -0.39 is 0 Å². The molecule has 1 aromatic rings. The summed E-state index contributed by atoms with van der Waals surface area (Å²) in [6, 6.07) is 0. The largest absolute Gasteiger partial charge is 0.382 e. The van der Waals surface area contributed by atoms with Gasteiger partial charge in [-0.3, -0.25) is 0 Å². The number of methoxy groups -OCH3 is 1. The lowest BCUT2D eigenvalue weighted by Gasteiger charge is -2.00. The summed E-state index contributed by atoms with van der Waals surface area (Å²) < 4.78 is 10.2. The predicted octanol–water partition coefficient (Wildman–Crippen LogP) is 0.850. The van der Waals surface area contributed by atoms with Crippen LogP contribution in [0.3, 0.4) is 0 Å². The number of rotatable bonds is 8. The Morgan fingerprint density at radius 1 is 1.33 bits per heavy atom. The molecule has 2 N–H and O–H groups in total. The van der Waals surface area contributed by atoms with Crippen molar-refractivity contribution in [2.75, 3.05) is 33.5 Å². The van der Waals surface area contributed by atoms with Gasteiger partial charge in [-0.15, -0.1) is 11.3 Å². The molecular formula is C10H18N2O2S. The fourth-order valence-electron chi connectivity index (χ4n) is 1.13. The fraction of sp³-hybridized carbons (Fsp3) is 0.700. The highest BCUT2D eigenvalue weighted by Crippen LogP contribution is 2.10. The van der Waals surface area contributed by atoms with Gasteiger partial charge in [0, 0.05) is 25.3 Å². The number of nitrogens with two attached hydrogens (primary N) is 1. The molecule has 0 radical (unpaired) electrons. The number of hydrogen-bond acceptors (Lipinski definition) is 5. The molecule has 0 spiro atoms. The van der Waals surface area contributed by atoms with Crippen molar-refractivity contribution in [2.24, 2.45) is 5.73 Å². The van der Waals surface area contributed by atoms with Gasteiger partial charge in [-0.1, -0.05) is 0 Å². The van der Waals surface area contributed by atoms with E-state index in [9.17, 15) is 0 Å². The molecule has 4 nitrogen and oxygen atoms in total. The zero-order valence-corrected chi connectivity index (χ0v) is 9.89. The quantitative estimate of drug-likeness (QED) is 0.673. The Bertz CT molecular complexity index is 266. The first kappa shape index (κ1) is 12.6. The van der Waals surface area contributed by atoms with Gasteiger partial charge in [-0.25, -0.2) is 4.98 Å². The van der Waals surface area contributed by atoms with E-state index in [0.717, 1.165) is 23.5 Å². The molecule has 0 aromatic carbocycles. The number of nitrogens with zero attached hydrogens (tertiary/aromatic N) is 1. The van der Waals surface area contributed by atoms with Gasteiger partial charge in [0.2, 0.25) is 0 Å². The summed E-state index contributed by atoms with van der Waals surface area (Å²) in [5.41, 5.74) is 6.54. The van der Waals surface area contributed by atoms with Crippen LogP contribution in [-0.2, 0) is 22.3 Å². The maximum absolute atomic E-state index is 5.45. The average molecular weight is 230 g/mol. The molecule has 0 aliphatic carbocycles. The molecule has 0 aliphatic heterocycles. The minimum Gasteiger partial charge on any atom is -0.382 e. The van der Waals surface area contributed by atoms with Crippen LogP contribution in [0.25, 0.3) is 0 Å². The number of ether oxygens (including phenoxy) is 2. The molecular weight excluding hydrogens is 212 g/mol. The SMILES string of the molecule is COCCOCCc1nc(CCN)cs1. The summed E-state index contributed by atoms with van der Waals surface area (Å²) in [5, 5.41) is 3.19. The third-order valence-corrected chi connectivity index (χ3v) is 2.85. The van der Waals surface area contributed by atoms with Crippen molar-refractivity contribution in [1.82, 2.24) is 4.98 Å². The van der Waals surface area contributed by atoms with E-state index in [2.05, 4.69) is 10.4 Å². The van der Waals surface area contributed by atoms with E-state index in [-0.39, 0.29) is 0 Å². The van der Waals surface area contributed by atoms with Crippen LogP contribution in [0.5, 0.6) is 0 Å². The van der Waals surface area contributed by atoms with E-state index in [1.54, 1.807) is 18.4 Å². The van der Waals surface area contributed by atoms with Crippen LogP contribution >= 0.6 is 11.3 Å². The maximum Gasteiger partial charge on any atom is 0.0951 e. The van der Waals surface area contributed by atoms with Gasteiger partial charge in [0.1, 0.15) is 0 Å². The Labute approximate surface area is 94.4 Å². The third-order valence-electron chi connectivity index (χ3n) is 1.89. The first-order chi connectivity index (χ1) is 7.36. The highest BCUT2D eigenvalue weighted by Gasteiger charge is 2.00. The summed E-state index contributed by atoms with van der Waals surface area (Å²) in [4.78, 5) is 4.45. The van der Waals surface area contributed by atoms with Crippen molar-refractivity contribution in [1.29, 1.82) is 0 Å². The van der Waals surface area contributed by atoms with E-state index >= 15 is 0 Å². The zero-order valence-electron chi connectivity index (χ0n) is 9.07. The van der Waals surface area contributed by atoms with Gasteiger partial charge in [0.05, 0.1) is 30.5 Å². The molecule has 0 atom stereocenters. The third kappa shape index (κ3) is 5.22. The Kier molecular flexibility index (Phi) is 6.50. The van der Waals surface area contributed by atoms with Gasteiger partial charge in [0.15, 0.2) is 0 Å². The summed E-state index contributed by atoms with van der Waals surface area (Å²) in [6.07, 6.45) is 1.74. The average Bonchev–Trinajstić information content (AvgIpc) is 2.66. The van der Waals surface area contributed by atoms with Gasteiger partial charge in [0.25, 0.3) is 0 Å². The first-order valence-electron chi connectivity index (χ1n) is 5.07. The highest BCUT2D eigenvalue weighted by molar-refractivity contribution is 7.09. The molecule has 0 saturated carbocycles. The van der Waals surface area contributed by atoms with Crippen molar-refractivity contribution >= 4 is 11.3 Å². The Hall–Kier alpha value is -0.490. The van der Waals surface area contributed by atoms with Crippen LogP contribution < -0.4 is 5.73 Å². The molecule has 0 saturated heterocycles. The second-order valence-electron chi connectivity index (χ2n) is 3.13. The lowest BCUT2D eigenvalue weighted by atomic mass is 10.3. The van der Waals surface area contributed by atoms with Gasteiger partial charge in [-0.2, -0.15) is 0 Å². The van der Waals surface area contributed by atoms with E-state index in [0.29, 0.717) is 26.4 Å². The van der Waals surface area contributed by atoms with Crippen LogP contribution in [0.15, 0.2) is 5.38 Å². The van der Waals surface area contributed by atoms with Crippen molar-refractivity contribution in [3.8, 4) is 0 Å². The molecule has 0 fully saturated rings. The lowest BCUT2D eigenvalue weighted by Crippen LogP contribution is -2.05. The Morgan fingerprint density at radius 3 is 2.93 bits per heavy atom. The molecule has 0 amide bonds. The first-order valence-corrected chi connectivity index (χ1v) is 5.94. The summed E-state index contributed by atoms with van der Waals surface area (Å²) in [6.45, 7) is 2.67. The topological polar surface area (TPSA) is 57.4 Å². The Balaban J connectivity index is 2.14. The minimum atomic E-state index is 0.649. The fourth-order valence-corrected chi connectivity index (χ4v) is 1.94. The van der Waals surface area contributed by atoms with E-state index in [4.69, 9.17) is 15.2 Å². The van der Waals surface area contributed by atoms with Crippen molar-refractivity contribution in [3.63, 3.8) is 0 Å². The van der Waals surface area contributed by atoms with Crippen molar-refractivity contribution in [2.45, 2.75) is 12.8 Å². The standard InChI is InChI=1S/C10H18N2O2S/c1-13-6-7-14-5-3-10-12-9(2-4-11)8-15-10/h8H,2-7,11H2,1H3. The monoisotopic (exact) mass is 230 g/mol. The second-order valence-corrected chi connectivity index (χ2v) is 4.07. The molecule has 0 unspecified atom stereocenters. The van der Waals surface area contributed by atoms with E-state index in [1.165, 1.54) is 0 Å². The van der Waals surface area contributed by atoms with Gasteiger partial charge in [-0.05, 0) is 6.54 Å². The van der Waals surface area contributed by atoms with Crippen LogP contribution in [0.2, 0.25) is 0 Å². The normalized spacial score (nSPS) is 10.8. The zero-order chi connectivity index (χ0) is 10.9. The Morgan fingerprint density at radius 2 is 2.20 bits per heavy atom. The molecule has 0 bridgehead atoms. The molecule has 5 heteroatoms. The molecule has 1 heterocycles. The highest BCUT2D eigenvalue weighted by atomic mass is 32.1. The predicted molar refractivity (Wildman–Crippen MR) is 61.3 cm³/mol. The number of thiazole rings is 1. The summed E-state index contributed by atoms with van der Waals surface area (Å²) in [7, 11) is 1.67. The van der Waals surface area contributed by atoms with Crippen molar-refractivity contribution in [3.05, 3.63) is 16.1 Å². The summed E-state index contributed by atoms with van der Waals surface area (Å²) in [5.74, 6) is 0. The minimum absolute atomic E-state index is 0.649. The molecule has 1 rings (SSSR count). The van der Waals surface area contributed by atoms with Crippen molar-refractivity contribution < 1.29 is 9.47 Å². The van der Waals surface area contributed by atoms with Crippen LogP contribution in [-0.4, -0.2) is 38.5 Å². The second kappa shape index (κ2) is 7.76. The molecule has 15 heavy (non-hydrogen) atoms. The molecule has 86 valence electrons. The van der Waals surface area contributed by atoms with Crippen LogP contribution in [0.4, 0.5) is 0 Å². The van der Waals surface area contributed by atoms with Gasteiger partial charge < -0.3 is 15.2 Å². The van der Waals surface area contributed by atoms with Crippen LogP contribution in [0.1, 0.15) is 10.7 Å². The lowest BCUT2D eigenvalue weighted by molar-refractivity contribution is 0.0722. The number of aromatic nitrogens is 1. The number of hydrogen-bond donors (Lipinski definition) is 1. The molecule has 1 aromatic heterocycles. The molecule has 0 aliphatic rings. The van der Waals surface area contributed by atoms with Crippen LogP contribution in [0, 0.1) is 0 Å².